The number of urea groups is 1. The van der Waals surface area contributed by atoms with E-state index in [1.165, 1.54) is 18.1 Å². The standard InChI is InChI=1S/C27H25N3O3/c1-17-11-13-18(14-12-17)25-24-20(19-7-3-5-9-22(19)28-24)15-16-30(25)27(32)29-23-10-6-4-8-21(23)26(31)33-2/h3-14,25,28H,15-16H2,1-2H3,(H,29,32)/t25-/m0/s1. The van der Waals surface area contributed by atoms with Gasteiger partial charge in [0.25, 0.3) is 0 Å². The summed E-state index contributed by atoms with van der Waals surface area (Å²) >= 11 is 0. The number of aryl methyl sites for hydroxylation is 1. The fraction of sp³-hybridized carbons (Fsp3) is 0.185. The van der Waals surface area contributed by atoms with Gasteiger partial charge in [-0.25, -0.2) is 9.59 Å². The number of carbonyl (C=O) groups is 2. The number of esters is 1. The minimum absolute atomic E-state index is 0.263. The molecule has 2 N–H and O–H groups in total. The van der Waals surface area contributed by atoms with Crippen LogP contribution in [0.15, 0.2) is 72.8 Å². The quantitative estimate of drug-likeness (QED) is 0.417. The van der Waals surface area contributed by atoms with Crippen LogP contribution in [0.3, 0.4) is 0 Å². The summed E-state index contributed by atoms with van der Waals surface area (Å²) in [6, 6.07) is 22.9. The number of ether oxygens (including phenoxy) is 1. The molecule has 5 rings (SSSR count). The van der Waals surface area contributed by atoms with Crippen LogP contribution in [0.5, 0.6) is 0 Å². The first-order chi connectivity index (χ1) is 16.1. The molecule has 0 aliphatic carbocycles. The molecule has 1 aliphatic rings. The van der Waals surface area contributed by atoms with Gasteiger partial charge in [0.1, 0.15) is 0 Å². The minimum atomic E-state index is -0.488. The van der Waals surface area contributed by atoms with Crippen molar-refractivity contribution in [2.75, 3.05) is 19.0 Å². The van der Waals surface area contributed by atoms with Crippen LogP contribution in [-0.2, 0) is 11.2 Å². The third kappa shape index (κ3) is 3.74. The summed E-state index contributed by atoms with van der Waals surface area (Å²) < 4.78 is 4.88. The Morgan fingerprint density at radius 1 is 1.00 bits per heavy atom. The van der Waals surface area contributed by atoms with E-state index >= 15 is 0 Å². The van der Waals surface area contributed by atoms with Crippen LogP contribution in [-0.4, -0.2) is 35.5 Å². The molecule has 1 aromatic heterocycles. The molecule has 0 bridgehead atoms. The Kier molecular flexibility index (Phi) is 5.34. The van der Waals surface area contributed by atoms with Gasteiger partial charge < -0.3 is 19.9 Å². The van der Waals surface area contributed by atoms with Crippen molar-refractivity contribution in [3.05, 3.63) is 101 Å². The van der Waals surface area contributed by atoms with Crippen LogP contribution in [0.1, 0.15) is 38.8 Å². The molecule has 4 aromatic rings. The van der Waals surface area contributed by atoms with Crippen molar-refractivity contribution in [2.45, 2.75) is 19.4 Å². The zero-order chi connectivity index (χ0) is 22.9. The van der Waals surface area contributed by atoms with E-state index in [2.05, 4.69) is 46.7 Å². The summed E-state index contributed by atoms with van der Waals surface area (Å²) in [4.78, 5) is 31.1. The van der Waals surface area contributed by atoms with Gasteiger partial charge in [-0.05, 0) is 42.7 Å². The Morgan fingerprint density at radius 3 is 2.52 bits per heavy atom. The first kappa shape index (κ1) is 20.8. The van der Waals surface area contributed by atoms with Gasteiger partial charge in [0.2, 0.25) is 0 Å². The van der Waals surface area contributed by atoms with E-state index in [1.54, 1.807) is 24.3 Å². The first-order valence-electron chi connectivity index (χ1n) is 11.0. The Hall–Kier alpha value is -4.06. The van der Waals surface area contributed by atoms with Crippen LogP contribution >= 0.6 is 0 Å². The third-order valence-corrected chi connectivity index (χ3v) is 6.26. The van der Waals surface area contributed by atoms with Gasteiger partial charge in [-0.3, -0.25) is 0 Å². The number of methoxy groups -OCH3 is 1. The number of fused-ring (bicyclic) bond motifs is 3. The molecule has 0 fully saturated rings. The SMILES string of the molecule is COC(=O)c1ccccc1NC(=O)N1CCc2c([nH]c3ccccc23)[C@@H]1c1ccc(C)cc1. The fourth-order valence-electron chi connectivity index (χ4n) is 4.62. The molecule has 1 atom stereocenters. The maximum atomic E-state index is 13.6. The Balaban J connectivity index is 1.56. The highest BCUT2D eigenvalue weighted by atomic mass is 16.5. The number of amides is 2. The second kappa shape index (κ2) is 8.47. The van der Waals surface area contributed by atoms with Crippen molar-refractivity contribution < 1.29 is 14.3 Å². The number of rotatable bonds is 3. The number of anilines is 1. The predicted octanol–water partition coefficient (Wildman–Crippen LogP) is 5.44. The lowest BCUT2D eigenvalue weighted by atomic mass is 9.92. The molecule has 2 heterocycles. The number of hydrogen-bond acceptors (Lipinski definition) is 3. The number of carbonyl (C=O) groups excluding carboxylic acids is 2. The van der Waals surface area contributed by atoms with Gasteiger partial charge >= 0.3 is 12.0 Å². The van der Waals surface area contributed by atoms with Gasteiger partial charge in [-0.15, -0.1) is 0 Å². The van der Waals surface area contributed by atoms with Crippen LogP contribution in [0, 0.1) is 6.92 Å². The molecule has 166 valence electrons. The topological polar surface area (TPSA) is 74.4 Å². The molecule has 2 amide bonds. The van der Waals surface area contributed by atoms with Crippen molar-refractivity contribution >= 4 is 28.6 Å². The summed E-state index contributed by atoms with van der Waals surface area (Å²) in [6.07, 6.45) is 0.744. The van der Waals surface area contributed by atoms with E-state index in [0.29, 0.717) is 17.8 Å². The second-order valence-corrected chi connectivity index (χ2v) is 8.29. The molecule has 1 aliphatic heterocycles. The third-order valence-electron chi connectivity index (χ3n) is 6.26. The highest BCUT2D eigenvalue weighted by molar-refractivity contribution is 6.01. The molecule has 6 nitrogen and oxygen atoms in total. The maximum Gasteiger partial charge on any atom is 0.339 e. The summed E-state index contributed by atoms with van der Waals surface area (Å²) in [5, 5.41) is 4.14. The average Bonchev–Trinajstić information content (AvgIpc) is 3.22. The number of hydrogen-bond donors (Lipinski definition) is 2. The summed E-state index contributed by atoms with van der Waals surface area (Å²) in [5.74, 6) is -0.488. The Morgan fingerprint density at radius 2 is 1.73 bits per heavy atom. The van der Waals surface area contributed by atoms with Crippen LogP contribution in [0.25, 0.3) is 10.9 Å². The van der Waals surface area contributed by atoms with E-state index < -0.39 is 5.97 Å². The molecule has 0 unspecified atom stereocenters. The van der Waals surface area contributed by atoms with Gasteiger partial charge in [0.05, 0.1) is 24.4 Å². The number of aromatic amines is 1. The molecule has 0 spiro atoms. The number of benzene rings is 3. The van der Waals surface area contributed by atoms with Crippen LogP contribution in [0.2, 0.25) is 0 Å². The summed E-state index contributed by atoms with van der Waals surface area (Å²) in [7, 11) is 1.33. The molecule has 0 radical (unpaired) electrons. The monoisotopic (exact) mass is 439 g/mol. The molecule has 0 saturated heterocycles. The normalized spacial score (nSPS) is 15.2. The number of nitrogens with one attached hydrogen (secondary N) is 2. The van der Waals surface area contributed by atoms with E-state index in [-0.39, 0.29) is 12.1 Å². The molecule has 3 aromatic carbocycles. The predicted molar refractivity (Wildman–Crippen MR) is 129 cm³/mol. The van der Waals surface area contributed by atoms with Crippen LogP contribution in [0.4, 0.5) is 10.5 Å². The molecule has 6 heteroatoms. The smallest absolute Gasteiger partial charge is 0.339 e. The highest BCUT2D eigenvalue weighted by Crippen LogP contribution is 2.38. The van der Waals surface area contributed by atoms with E-state index in [9.17, 15) is 9.59 Å². The van der Waals surface area contributed by atoms with E-state index in [0.717, 1.165) is 28.8 Å². The van der Waals surface area contributed by atoms with Gasteiger partial charge in [-0.1, -0.05) is 60.2 Å². The van der Waals surface area contributed by atoms with Crippen molar-refractivity contribution in [3.63, 3.8) is 0 Å². The average molecular weight is 440 g/mol. The largest absolute Gasteiger partial charge is 0.465 e. The molecule has 33 heavy (non-hydrogen) atoms. The van der Waals surface area contributed by atoms with Gasteiger partial charge in [0.15, 0.2) is 0 Å². The molecular weight excluding hydrogens is 414 g/mol. The lowest BCUT2D eigenvalue weighted by molar-refractivity contribution is 0.0602. The maximum absolute atomic E-state index is 13.6. The number of aromatic nitrogens is 1. The highest BCUT2D eigenvalue weighted by Gasteiger charge is 2.35. The fourth-order valence-corrected chi connectivity index (χ4v) is 4.62. The Labute approximate surface area is 192 Å². The van der Waals surface area contributed by atoms with Crippen molar-refractivity contribution in [1.82, 2.24) is 9.88 Å². The number of para-hydroxylation sites is 2. The molecule has 0 saturated carbocycles. The van der Waals surface area contributed by atoms with Gasteiger partial charge in [-0.2, -0.15) is 0 Å². The van der Waals surface area contributed by atoms with E-state index in [1.807, 2.05) is 24.0 Å². The zero-order valence-corrected chi connectivity index (χ0v) is 18.6. The minimum Gasteiger partial charge on any atom is -0.465 e. The van der Waals surface area contributed by atoms with Crippen molar-refractivity contribution in [1.29, 1.82) is 0 Å². The Bertz CT molecular complexity index is 1340. The number of H-pyrrole nitrogens is 1. The van der Waals surface area contributed by atoms with Crippen molar-refractivity contribution in [3.8, 4) is 0 Å². The lowest BCUT2D eigenvalue weighted by Gasteiger charge is -2.36. The van der Waals surface area contributed by atoms with Gasteiger partial charge in [0, 0.05) is 23.1 Å². The lowest BCUT2D eigenvalue weighted by Crippen LogP contribution is -2.43. The summed E-state index contributed by atoms with van der Waals surface area (Å²) in [6.45, 7) is 2.60. The zero-order valence-electron chi connectivity index (χ0n) is 18.6. The second-order valence-electron chi connectivity index (χ2n) is 8.29. The summed E-state index contributed by atoms with van der Waals surface area (Å²) in [5.41, 5.74) is 6.29. The van der Waals surface area contributed by atoms with Crippen molar-refractivity contribution in [2.24, 2.45) is 0 Å². The first-order valence-corrected chi connectivity index (χ1v) is 11.0. The van der Waals surface area contributed by atoms with E-state index in [4.69, 9.17) is 4.74 Å². The molecular formula is C27H25N3O3. The number of nitrogens with zero attached hydrogens (tertiary/aromatic N) is 1. The van der Waals surface area contributed by atoms with Crippen LogP contribution < -0.4 is 5.32 Å².